The van der Waals surface area contributed by atoms with E-state index in [4.69, 9.17) is 4.74 Å². The number of benzene rings is 1. The summed E-state index contributed by atoms with van der Waals surface area (Å²) in [5.74, 6) is -0.937. The normalized spacial score (nSPS) is 18.6. The van der Waals surface area contributed by atoms with Gasteiger partial charge in [-0.1, -0.05) is 30.3 Å². The van der Waals surface area contributed by atoms with E-state index >= 15 is 0 Å². The molecule has 9 heteroatoms. The molecule has 1 atom stereocenters. The first-order chi connectivity index (χ1) is 12.8. The predicted molar refractivity (Wildman–Crippen MR) is 99.0 cm³/mol. The van der Waals surface area contributed by atoms with Crippen molar-refractivity contribution in [1.82, 2.24) is 10.2 Å². The van der Waals surface area contributed by atoms with E-state index in [1.54, 1.807) is 4.90 Å². The molecule has 2 aliphatic rings. The molecule has 0 radical (unpaired) electrons. The van der Waals surface area contributed by atoms with E-state index in [0.29, 0.717) is 6.54 Å². The Kier molecular flexibility index (Phi) is 5.41. The zero-order valence-corrected chi connectivity index (χ0v) is 15.5. The average Bonchev–Trinajstić information content (AvgIpc) is 2.65. The molecule has 1 N–H and O–H groups in total. The third-order valence-corrected chi connectivity index (χ3v) is 5.19. The van der Waals surface area contributed by atoms with E-state index in [1.165, 1.54) is 25.3 Å². The third kappa shape index (κ3) is 4.82. The predicted octanol–water partition coefficient (Wildman–Crippen LogP) is 0.732. The van der Waals surface area contributed by atoms with Crippen LogP contribution in [-0.4, -0.2) is 49.4 Å². The maximum Gasteiger partial charge on any atom is 0.340 e. The Balaban J connectivity index is 1.56. The van der Waals surface area contributed by atoms with Crippen LogP contribution in [0.1, 0.15) is 12.5 Å². The van der Waals surface area contributed by atoms with Crippen molar-refractivity contribution in [3.63, 3.8) is 0 Å². The van der Waals surface area contributed by atoms with Gasteiger partial charge in [-0.05, 0) is 24.6 Å². The van der Waals surface area contributed by atoms with Gasteiger partial charge in [0.15, 0.2) is 6.10 Å². The molecule has 3 rings (SSSR count). The Morgan fingerprint density at radius 3 is 2.74 bits per heavy atom. The summed E-state index contributed by atoms with van der Waals surface area (Å²) < 4.78 is 31.8. The van der Waals surface area contributed by atoms with Crippen molar-refractivity contribution < 1.29 is 22.7 Å². The standard InChI is InChI=1S/C18H19N3O5S/c1-13(17(22)19-11-14-5-3-2-4-6-14)26-18(23)15-7-8-16-20-27(24,25)10-9-21(16)12-15/h2-8,12-13H,9-11H2,1H3,(H,19,22). The summed E-state index contributed by atoms with van der Waals surface area (Å²) >= 11 is 0. The van der Waals surface area contributed by atoms with Crippen LogP contribution in [0, 0.1) is 0 Å². The van der Waals surface area contributed by atoms with Gasteiger partial charge in [-0.3, -0.25) is 4.79 Å². The zero-order valence-electron chi connectivity index (χ0n) is 14.7. The third-order valence-electron chi connectivity index (χ3n) is 4.02. The number of nitrogens with zero attached hydrogens (tertiary/aromatic N) is 2. The lowest BCUT2D eigenvalue weighted by atomic mass is 10.2. The van der Waals surface area contributed by atoms with Crippen LogP contribution >= 0.6 is 0 Å². The molecule has 0 fully saturated rings. The van der Waals surface area contributed by atoms with Crippen LogP contribution in [0.4, 0.5) is 0 Å². The van der Waals surface area contributed by atoms with Crippen LogP contribution in [0.15, 0.2) is 58.7 Å². The molecule has 8 nitrogen and oxygen atoms in total. The molecule has 0 bridgehead atoms. The van der Waals surface area contributed by atoms with Crippen molar-refractivity contribution in [2.24, 2.45) is 4.40 Å². The lowest BCUT2D eigenvalue weighted by molar-refractivity contribution is -0.151. The van der Waals surface area contributed by atoms with Gasteiger partial charge in [-0.15, -0.1) is 4.40 Å². The maximum absolute atomic E-state index is 12.3. The molecule has 1 unspecified atom stereocenters. The van der Waals surface area contributed by atoms with Crippen LogP contribution in [0.3, 0.4) is 0 Å². The molecule has 142 valence electrons. The van der Waals surface area contributed by atoms with Crippen molar-refractivity contribution in [2.45, 2.75) is 19.6 Å². The first-order valence-corrected chi connectivity index (χ1v) is 9.97. The summed E-state index contributed by atoms with van der Waals surface area (Å²) in [4.78, 5) is 26.0. The molecular formula is C18H19N3O5S. The molecule has 0 saturated heterocycles. The number of sulfonamides is 1. The fourth-order valence-corrected chi connectivity index (χ4v) is 3.50. The summed E-state index contributed by atoms with van der Waals surface area (Å²) in [6, 6.07) is 9.39. The van der Waals surface area contributed by atoms with Crippen molar-refractivity contribution in [1.29, 1.82) is 0 Å². The first kappa shape index (κ1) is 18.8. The average molecular weight is 389 g/mol. The van der Waals surface area contributed by atoms with Gasteiger partial charge in [0.2, 0.25) is 0 Å². The Labute approximate surface area is 157 Å². The highest BCUT2D eigenvalue weighted by molar-refractivity contribution is 7.90. The second-order valence-corrected chi connectivity index (χ2v) is 7.85. The van der Waals surface area contributed by atoms with Gasteiger partial charge >= 0.3 is 5.97 Å². The number of esters is 1. The monoisotopic (exact) mass is 389 g/mol. The number of nitrogens with one attached hydrogen (secondary N) is 1. The molecule has 1 amide bonds. The molecule has 27 heavy (non-hydrogen) atoms. The maximum atomic E-state index is 12.3. The highest BCUT2D eigenvalue weighted by atomic mass is 32.2. The number of amidine groups is 1. The topological polar surface area (TPSA) is 105 Å². The Morgan fingerprint density at radius 2 is 2.00 bits per heavy atom. The van der Waals surface area contributed by atoms with Gasteiger partial charge in [0.25, 0.3) is 15.9 Å². The molecule has 0 aromatic heterocycles. The molecule has 0 saturated carbocycles. The Hall–Kier alpha value is -2.94. The Morgan fingerprint density at radius 1 is 1.26 bits per heavy atom. The zero-order chi connectivity index (χ0) is 19.4. The van der Waals surface area contributed by atoms with E-state index in [9.17, 15) is 18.0 Å². The van der Waals surface area contributed by atoms with Gasteiger partial charge in [-0.25, -0.2) is 13.2 Å². The molecule has 2 heterocycles. The highest BCUT2D eigenvalue weighted by Crippen LogP contribution is 2.17. The number of fused-ring (bicyclic) bond motifs is 1. The number of hydrogen-bond donors (Lipinski definition) is 1. The van der Waals surface area contributed by atoms with Crippen LogP contribution in [0.25, 0.3) is 0 Å². The fraction of sp³-hybridized carbons (Fsp3) is 0.278. The number of hydrogen-bond acceptors (Lipinski definition) is 6. The molecule has 0 aliphatic carbocycles. The van der Waals surface area contributed by atoms with E-state index in [0.717, 1.165) is 5.56 Å². The second-order valence-electron chi connectivity index (χ2n) is 6.10. The van der Waals surface area contributed by atoms with Crippen LogP contribution in [-0.2, 0) is 30.9 Å². The van der Waals surface area contributed by atoms with Crippen molar-refractivity contribution in [3.05, 3.63) is 59.8 Å². The molecular weight excluding hydrogens is 370 g/mol. The minimum atomic E-state index is -3.45. The fourth-order valence-electron chi connectivity index (χ4n) is 2.53. The van der Waals surface area contributed by atoms with Gasteiger partial charge in [-0.2, -0.15) is 0 Å². The molecule has 1 aromatic carbocycles. The van der Waals surface area contributed by atoms with E-state index in [2.05, 4.69) is 9.71 Å². The number of carbonyl (C=O) groups is 2. The van der Waals surface area contributed by atoms with Crippen LogP contribution < -0.4 is 5.32 Å². The largest absolute Gasteiger partial charge is 0.449 e. The lowest BCUT2D eigenvalue weighted by Gasteiger charge is -2.27. The van der Waals surface area contributed by atoms with Crippen molar-refractivity contribution >= 4 is 27.7 Å². The van der Waals surface area contributed by atoms with Gasteiger partial charge in [0, 0.05) is 19.3 Å². The number of carbonyl (C=O) groups excluding carboxylic acids is 2. The van der Waals surface area contributed by atoms with Gasteiger partial charge in [0.05, 0.1) is 11.3 Å². The smallest absolute Gasteiger partial charge is 0.340 e. The van der Waals surface area contributed by atoms with E-state index < -0.39 is 28.0 Å². The minimum absolute atomic E-state index is 0.124. The number of amides is 1. The van der Waals surface area contributed by atoms with Crippen LogP contribution in [0.5, 0.6) is 0 Å². The summed E-state index contributed by atoms with van der Waals surface area (Å²) in [7, 11) is -3.45. The molecule has 1 aromatic rings. The summed E-state index contributed by atoms with van der Waals surface area (Å²) in [6.07, 6.45) is 3.37. The Bertz CT molecular complexity index is 935. The lowest BCUT2D eigenvalue weighted by Crippen LogP contribution is -2.38. The van der Waals surface area contributed by atoms with E-state index in [1.807, 2.05) is 30.3 Å². The SMILES string of the molecule is CC(OC(=O)C1=CN2CCS(=O)(=O)N=C2C=C1)C(=O)NCc1ccccc1. The number of rotatable bonds is 5. The van der Waals surface area contributed by atoms with Crippen LogP contribution in [0.2, 0.25) is 0 Å². The first-order valence-electron chi connectivity index (χ1n) is 8.36. The van der Waals surface area contributed by atoms with Gasteiger partial charge < -0.3 is 15.0 Å². The molecule has 0 spiro atoms. The minimum Gasteiger partial charge on any atom is -0.449 e. The quantitative estimate of drug-likeness (QED) is 0.745. The van der Waals surface area contributed by atoms with Crippen molar-refractivity contribution in [2.75, 3.05) is 12.3 Å². The van der Waals surface area contributed by atoms with Crippen molar-refractivity contribution in [3.8, 4) is 0 Å². The highest BCUT2D eigenvalue weighted by Gasteiger charge is 2.26. The van der Waals surface area contributed by atoms with E-state index in [-0.39, 0.29) is 23.7 Å². The summed E-state index contributed by atoms with van der Waals surface area (Å²) in [5, 5.41) is 2.71. The number of ether oxygens (including phenoxy) is 1. The summed E-state index contributed by atoms with van der Waals surface area (Å²) in [5.41, 5.74) is 1.16. The molecule has 2 aliphatic heterocycles. The van der Waals surface area contributed by atoms with Gasteiger partial charge in [0.1, 0.15) is 5.84 Å². The second kappa shape index (κ2) is 7.75. The summed E-state index contributed by atoms with van der Waals surface area (Å²) in [6.45, 7) is 2.04.